The van der Waals surface area contributed by atoms with Crippen LogP contribution >= 0.6 is 0 Å². The quantitative estimate of drug-likeness (QED) is 0.517. The monoisotopic (exact) mass is 501 g/mol. The molecule has 2 amide bonds. The van der Waals surface area contributed by atoms with Gasteiger partial charge in [-0.1, -0.05) is 44.2 Å². The van der Waals surface area contributed by atoms with E-state index in [2.05, 4.69) is 4.72 Å². The van der Waals surface area contributed by atoms with Gasteiger partial charge in [0.2, 0.25) is 5.91 Å². The van der Waals surface area contributed by atoms with Crippen molar-refractivity contribution in [3.63, 3.8) is 0 Å². The molecule has 9 heteroatoms. The van der Waals surface area contributed by atoms with Crippen LogP contribution in [0, 0.1) is 11.3 Å². The number of hydrogen-bond donors (Lipinski definition) is 2. The number of hydrogen-bond acceptors (Lipinski definition) is 6. The minimum absolute atomic E-state index is 0.0712. The lowest BCUT2D eigenvalue weighted by Gasteiger charge is -2.42. The summed E-state index contributed by atoms with van der Waals surface area (Å²) in [5, 5.41) is 0. The van der Waals surface area contributed by atoms with Crippen molar-refractivity contribution in [3.05, 3.63) is 60.2 Å². The van der Waals surface area contributed by atoms with Crippen molar-refractivity contribution < 1.29 is 22.7 Å². The summed E-state index contributed by atoms with van der Waals surface area (Å²) in [6.45, 7) is 6.36. The molecular weight excluding hydrogens is 466 g/mol. The summed E-state index contributed by atoms with van der Waals surface area (Å²) >= 11 is 0. The fourth-order valence-corrected chi connectivity index (χ4v) is 5.87. The number of carbonyl (C=O) groups excluding carboxylic acids is 2. The van der Waals surface area contributed by atoms with Gasteiger partial charge in [-0.15, -0.1) is 0 Å². The van der Waals surface area contributed by atoms with Crippen LogP contribution in [0.15, 0.2) is 59.5 Å². The maximum atomic E-state index is 13.7. The van der Waals surface area contributed by atoms with Crippen LogP contribution in [-0.4, -0.2) is 50.9 Å². The first-order valence-electron chi connectivity index (χ1n) is 11.8. The largest absolute Gasteiger partial charge is 0.497 e. The van der Waals surface area contributed by atoms with Gasteiger partial charge in [-0.25, -0.2) is 13.1 Å². The number of ether oxygens (including phenoxy) is 1. The van der Waals surface area contributed by atoms with Gasteiger partial charge in [0, 0.05) is 13.1 Å². The van der Waals surface area contributed by atoms with Crippen molar-refractivity contribution in [1.29, 1.82) is 0 Å². The number of carbonyl (C=O) groups is 2. The van der Waals surface area contributed by atoms with Crippen molar-refractivity contribution in [1.82, 2.24) is 9.62 Å². The Hall–Kier alpha value is -2.91. The molecule has 8 nitrogen and oxygen atoms in total. The highest BCUT2D eigenvalue weighted by molar-refractivity contribution is 7.90. The van der Waals surface area contributed by atoms with Gasteiger partial charge < -0.3 is 15.4 Å². The van der Waals surface area contributed by atoms with E-state index in [1.807, 2.05) is 44.2 Å². The molecule has 2 aromatic carbocycles. The molecule has 190 valence electrons. The highest BCUT2D eigenvalue weighted by atomic mass is 32.2. The third-order valence-electron chi connectivity index (χ3n) is 6.84. The lowest BCUT2D eigenvalue weighted by atomic mass is 9.65. The predicted molar refractivity (Wildman–Crippen MR) is 134 cm³/mol. The second-order valence-electron chi connectivity index (χ2n) is 9.77. The van der Waals surface area contributed by atoms with E-state index in [4.69, 9.17) is 10.5 Å². The molecule has 0 radical (unpaired) electrons. The molecule has 2 unspecified atom stereocenters. The van der Waals surface area contributed by atoms with Gasteiger partial charge in [0.15, 0.2) is 0 Å². The molecule has 0 spiro atoms. The molecule has 0 aliphatic carbocycles. The SMILES string of the molecule is COc1ccc(S(=O)(=O)NC(=O)C(C)(N)C2(CC(C)C)CCN(CCc3ccccc3)C2=O)cc1. The maximum absolute atomic E-state index is 13.7. The number of amides is 2. The van der Waals surface area contributed by atoms with E-state index in [0.717, 1.165) is 5.56 Å². The number of nitrogens with one attached hydrogen (secondary N) is 1. The molecule has 1 saturated heterocycles. The topological polar surface area (TPSA) is 119 Å². The van der Waals surface area contributed by atoms with Crippen LogP contribution in [0.5, 0.6) is 5.75 Å². The van der Waals surface area contributed by atoms with E-state index in [9.17, 15) is 18.0 Å². The number of methoxy groups -OCH3 is 1. The standard InChI is InChI=1S/C26H35N3O5S/c1-19(2)18-26(15-17-29(24(26)31)16-14-20-8-6-5-7-9-20)25(3,27)23(30)28-35(32,33)22-12-10-21(34-4)11-13-22/h5-13,19H,14-18,27H2,1-4H3,(H,28,30). The van der Waals surface area contributed by atoms with E-state index in [-0.39, 0.29) is 16.7 Å². The second kappa shape index (κ2) is 10.4. The summed E-state index contributed by atoms with van der Waals surface area (Å²) in [5.74, 6) is -0.541. The summed E-state index contributed by atoms with van der Waals surface area (Å²) in [4.78, 5) is 28.8. The Morgan fingerprint density at radius 1 is 1.17 bits per heavy atom. The number of benzene rings is 2. The Kier molecular flexibility index (Phi) is 7.91. The maximum Gasteiger partial charge on any atom is 0.264 e. The van der Waals surface area contributed by atoms with Gasteiger partial charge in [-0.2, -0.15) is 0 Å². The van der Waals surface area contributed by atoms with Crippen LogP contribution in [0.4, 0.5) is 0 Å². The van der Waals surface area contributed by atoms with Gasteiger partial charge in [0.05, 0.1) is 17.4 Å². The minimum Gasteiger partial charge on any atom is -0.497 e. The number of likely N-dealkylation sites (tertiary alicyclic amines) is 1. The first-order valence-corrected chi connectivity index (χ1v) is 13.2. The van der Waals surface area contributed by atoms with Gasteiger partial charge in [-0.05, 0) is 61.9 Å². The average Bonchev–Trinajstić information content (AvgIpc) is 3.14. The van der Waals surface area contributed by atoms with Crippen LogP contribution in [-0.2, 0) is 26.0 Å². The summed E-state index contributed by atoms with van der Waals surface area (Å²) in [7, 11) is -2.72. The average molecular weight is 502 g/mol. The number of nitrogens with zero attached hydrogens (tertiary/aromatic N) is 1. The summed E-state index contributed by atoms with van der Waals surface area (Å²) in [5.41, 5.74) is 4.76. The summed E-state index contributed by atoms with van der Waals surface area (Å²) < 4.78 is 33.0. The molecule has 1 aliphatic heterocycles. The molecule has 2 atom stereocenters. The summed E-state index contributed by atoms with van der Waals surface area (Å²) in [6.07, 6.45) is 1.43. The molecule has 0 saturated carbocycles. The number of rotatable bonds is 10. The van der Waals surface area contributed by atoms with Crippen molar-refractivity contribution >= 4 is 21.8 Å². The Morgan fingerprint density at radius 3 is 2.37 bits per heavy atom. The van der Waals surface area contributed by atoms with E-state index in [1.165, 1.54) is 38.3 Å². The van der Waals surface area contributed by atoms with Gasteiger partial charge >= 0.3 is 0 Å². The molecule has 3 N–H and O–H groups in total. The molecule has 3 rings (SSSR count). The van der Waals surface area contributed by atoms with Crippen LogP contribution in [0.25, 0.3) is 0 Å². The smallest absolute Gasteiger partial charge is 0.264 e. The molecule has 1 heterocycles. The van der Waals surface area contributed by atoms with Crippen LogP contribution in [0.2, 0.25) is 0 Å². The lowest BCUT2D eigenvalue weighted by molar-refractivity contribution is -0.146. The van der Waals surface area contributed by atoms with Crippen LogP contribution in [0.1, 0.15) is 39.2 Å². The van der Waals surface area contributed by atoms with E-state index < -0.39 is 26.9 Å². The Bertz CT molecular complexity index is 1150. The van der Waals surface area contributed by atoms with Gasteiger partial charge in [-0.3, -0.25) is 9.59 Å². The van der Waals surface area contributed by atoms with Crippen molar-refractivity contribution in [2.45, 2.75) is 50.5 Å². The minimum atomic E-state index is -4.19. The van der Waals surface area contributed by atoms with Gasteiger partial charge in [0.25, 0.3) is 15.9 Å². The van der Waals surface area contributed by atoms with E-state index in [1.54, 1.807) is 4.90 Å². The molecule has 1 aliphatic rings. The molecule has 0 aromatic heterocycles. The van der Waals surface area contributed by atoms with Crippen LogP contribution in [0.3, 0.4) is 0 Å². The molecule has 35 heavy (non-hydrogen) atoms. The second-order valence-corrected chi connectivity index (χ2v) is 11.5. The predicted octanol–water partition coefficient (Wildman–Crippen LogP) is 2.73. The Labute approximate surface area is 207 Å². The fraction of sp³-hybridized carbons (Fsp3) is 0.462. The zero-order valence-corrected chi connectivity index (χ0v) is 21.6. The highest BCUT2D eigenvalue weighted by Crippen LogP contribution is 2.46. The van der Waals surface area contributed by atoms with E-state index >= 15 is 0 Å². The Morgan fingerprint density at radius 2 is 1.80 bits per heavy atom. The zero-order valence-electron chi connectivity index (χ0n) is 20.8. The zero-order chi connectivity index (χ0) is 25.9. The first-order chi connectivity index (χ1) is 16.4. The third kappa shape index (κ3) is 5.51. The molecule has 0 bridgehead atoms. The number of sulfonamides is 1. The normalized spacial score (nSPS) is 20.1. The lowest BCUT2D eigenvalue weighted by Crippen LogP contribution is -2.66. The summed E-state index contributed by atoms with van der Waals surface area (Å²) in [6, 6.07) is 15.5. The van der Waals surface area contributed by atoms with Crippen molar-refractivity contribution in [2.24, 2.45) is 17.1 Å². The van der Waals surface area contributed by atoms with Gasteiger partial charge in [0.1, 0.15) is 11.3 Å². The molecule has 1 fully saturated rings. The molecular formula is C26H35N3O5S. The Balaban J connectivity index is 1.83. The highest BCUT2D eigenvalue weighted by Gasteiger charge is 2.60. The first kappa shape index (κ1) is 26.7. The van der Waals surface area contributed by atoms with Crippen LogP contribution < -0.4 is 15.2 Å². The molecule has 2 aromatic rings. The van der Waals surface area contributed by atoms with Crippen molar-refractivity contribution in [2.75, 3.05) is 20.2 Å². The van der Waals surface area contributed by atoms with E-state index in [0.29, 0.717) is 38.1 Å². The van der Waals surface area contributed by atoms with Crippen molar-refractivity contribution in [3.8, 4) is 5.75 Å². The third-order valence-corrected chi connectivity index (χ3v) is 8.18. The fourth-order valence-electron chi connectivity index (χ4n) is 4.80. The number of nitrogens with two attached hydrogens (primary N) is 1.